The minimum absolute atomic E-state index is 0.0452. The molecule has 10 heteroatoms. The summed E-state index contributed by atoms with van der Waals surface area (Å²) in [6.45, 7) is 0.905. The fourth-order valence-electron chi connectivity index (χ4n) is 4.20. The maximum absolute atomic E-state index is 13.6. The van der Waals surface area contributed by atoms with Crippen molar-refractivity contribution < 1.29 is 27.9 Å². The van der Waals surface area contributed by atoms with Crippen LogP contribution < -0.4 is 0 Å². The van der Waals surface area contributed by atoms with Crippen LogP contribution in [0.25, 0.3) is 0 Å². The molecule has 7 nitrogen and oxygen atoms in total. The summed E-state index contributed by atoms with van der Waals surface area (Å²) in [5, 5.41) is 10.4. The highest BCUT2D eigenvalue weighted by Crippen LogP contribution is 2.41. The Bertz CT molecular complexity index is 737. The van der Waals surface area contributed by atoms with Gasteiger partial charge >= 0.3 is 6.18 Å². The number of nitrogens with zero attached hydrogens (tertiary/aromatic N) is 4. The molecule has 1 aliphatic heterocycles. The molecule has 3 rings (SSSR count). The van der Waals surface area contributed by atoms with Crippen molar-refractivity contribution in [3.8, 4) is 0 Å². The van der Waals surface area contributed by atoms with Crippen LogP contribution in [0.1, 0.15) is 44.3 Å². The molecule has 1 aliphatic carbocycles. The van der Waals surface area contributed by atoms with E-state index in [9.17, 15) is 27.9 Å². The number of hydrogen-bond donors (Lipinski definition) is 1. The Labute approximate surface area is 167 Å². The highest BCUT2D eigenvalue weighted by atomic mass is 19.4. The number of piperazine rings is 1. The van der Waals surface area contributed by atoms with Crippen molar-refractivity contribution in [1.29, 1.82) is 0 Å². The molecule has 162 valence electrons. The molecule has 1 saturated carbocycles. The SMILES string of the molecule is Cn1ccnc1C(O)(CC(=O)N1CCN(C(=O)CC2CCCC2)CC1)C(F)(F)F. The van der Waals surface area contributed by atoms with Crippen molar-refractivity contribution >= 4 is 11.8 Å². The van der Waals surface area contributed by atoms with Crippen molar-refractivity contribution in [2.24, 2.45) is 13.0 Å². The fraction of sp³-hybridized carbons (Fsp3) is 0.737. The van der Waals surface area contributed by atoms with Crippen LogP contribution in [-0.4, -0.2) is 68.6 Å². The van der Waals surface area contributed by atoms with Gasteiger partial charge in [0.15, 0.2) is 5.82 Å². The molecule has 1 unspecified atom stereocenters. The second-order valence-corrected chi connectivity index (χ2v) is 8.01. The van der Waals surface area contributed by atoms with Gasteiger partial charge in [0.2, 0.25) is 17.4 Å². The molecule has 1 atom stereocenters. The van der Waals surface area contributed by atoms with E-state index in [1.165, 1.54) is 18.1 Å². The zero-order valence-corrected chi connectivity index (χ0v) is 16.5. The van der Waals surface area contributed by atoms with Gasteiger partial charge in [-0.25, -0.2) is 4.98 Å². The van der Waals surface area contributed by atoms with Crippen molar-refractivity contribution in [1.82, 2.24) is 19.4 Å². The molecule has 0 radical (unpaired) electrons. The van der Waals surface area contributed by atoms with Crippen molar-refractivity contribution in [3.05, 3.63) is 18.2 Å². The summed E-state index contributed by atoms with van der Waals surface area (Å²) in [7, 11) is 1.33. The van der Waals surface area contributed by atoms with Gasteiger partial charge in [0.25, 0.3) is 0 Å². The third-order valence-electron chi connectivity index (χ3n) is 5.99. The Morgan fingerprint density at radius 3 is 2.14 bits per heavy atom. The van der Waals surface area contributed by atoms with Crippen molar-refractivity contribution in [3.63, 3.8) is 0 Å². The van der Waals surface area contributed by atoms with Gasteiger partial charge in [0.05, 0.1) is 6.42 Å². The van der Waals surface area contributed by atoms with E-state index in [2.05, 4.69) is 4.98 Å². The van der Waals surface area contributed by atoms with Crippen LogP contribution in [0.3, 0.4) is 0 Å². The van der Waals surface area contributed by atoms with E-state index in [4.69, 9.17) is 0 Å². The number of halogens is 3. The van der Waals surface area contributed by atoms with E-state index in [0.29, 0.717) is 25.4 Å². The van der Waals surface area contributed by atoms with Gasteiger partial charge in [-0.2, -0.15) is 13.2 Å². The lowest BCUT2D eigenvalue weighted by Crippen LogP contribution is -2.54. The zero-order valence-electron chi connectivity index (χ0n) is 16.5. The lowest BCUT2D eigenvalue weighted by Gasteiger charge is -2.37. The average Bonchev–Trinajstić information content (AvgIpc) is 3.32. The molecule has 29 heavy (non-hydrogen) atoms. The normalized spacial score (nSPS) is 20.7. The Morgan fingerprint density at radius 1 is 1.10 bits per heavy atom. The molecular formula is C19H27F3N4O3. The Kier molecular flexibility index (Phi) is 6.21. The number of aromatic nitrogens is 2. The van der Waals surface area contributed by atoms with Crippen molar-refractivity contribution in [2.45, 2.75) is 50.3 Å². The highest BCUT2D eigenvalue weighted by molar-refractivity contribution is 5.79. The lowest BCUT2D eigenvalue weighted by atomic mass is 9.96. The summed E-state index contributed by atoms with van der Waals surface area (Å²) in [5.41, 5.74) is -3.36. The Morgan fingerprint density at radius 2 is 1.66 bits per heavy atom. The molecule has 1 aromatic rings. The van der Waals surface area contributed by atoms with E-state index >= 15 is 0 Å². The fourth-order valence-corrected chi connectivity index (χ4v) is 4.20. The molecule has 1 N–H and O–H groups in total. The summed E-state index contributed by atoms with van der Waals surface area (Å²) in [6.07, 6.45) is 1.16. The number of imidazole rings is 1. The smallest absolute Gasteiger partial charge is 0.374 e. The number of carbonyl (C=O) groups is 2. The number of carbonyl (C=O) groups excluding carboxylic acids is 2. The number of amides is 2. The topological polar surface area (TPSA) is 78.7 Å². The molecule has 2 amide bonds. The predicted molar refractivity (Wildman–Crippen MR) is 97.5 cm³/mol. The van der Waals surface area contributed by atoms with Crippen LogP contribution in [0.4, 0.5) is 13.2 Å². The van der Waals surface area contributed by atoms with Crippen LogP contribution in [0.5, 0.6) is 0 Å². The summed E-state index contributed by atoms with van der Waals surface area (Å²) in [5.74, 6) is -0.968. The van der Waals surface area contributed by atoms with Gasteiger partial charge in [-0.1, -0.05) is 12.8 Å². The van der Waals surface area contributed by atoms with Gasteiger partial charge in [-0.15, -0.1) is 0 Å². The van der Waals surface area contributed by atoms with Gasteiger partial charge in [0, 0.05) is 52.0 Å². The van der Waals surface area contributed by atoms with Crippen LogP contribution in [0.2, 0.25) is 0 Å². The molecule has 0 aromatic carbocycles. The van der Waals surface area contributed by atoms with E-state index in [0.717, 1.165) is 36.4 Å². The summed E-state index contributed by atoms with van der Waals surface area (Å²) < 4.78 is 41.9. The number of hydrogen-bond acceptors (Lipinski definition) is 4. The standard InChI is InChI=1S/C19H27F3N4O3/c1-24-7-6-23-17(24)18(29,19(20,21)22)13-16(28)26-10-8-25(9-11-26)15(27)12-14-4-2-3-5-14/h6-7,14,29H,2-5,8-13H2,1H3. The summed E-state index contributed by atoms with van der Waals surface area (Å²) in [4.78, 5) is 31.5. The number of aryl methyl sites for hydroxylation is 1. The second kappa shape index (κ2) is 8.33. The van der Waals surface area contributed by atoms with Crippen LogP contribution in [-0.2, 0) is 22.2 Å². The minimum Gasteiger partial charge on any atom is -0.374 e. The maximum atomic E-state index is 13.6. The summed E-state index contributed by atoms with van der Waals surface area (Å²) >= 11 is 0. The molecule has 1 aromatic heterocycles. The number of rotatable bonds is 5. The van der Waals surface area contributed by atoms with E-state index in [-0.39, 0.29) is 19.0 Å². The molecule has 2 fully saturated rings. The first-order chi connectivity index (χ1) is 13.6. The van der Waals surface area contributed by atoms with E-state index in [1.54, 1.807) is 4.90 Å². The quantitative estimate of drug-likeness (QED) is 0.794. The van der Waals surface area contributed by atoms with Crippen LogP contribution in [0.15, 0.2) is 12.4 Å². The number of aliphatic hydroxyl groups is 1. The van der Waals surface area contributed by atoms with Gasteiger partial charge in [-0.05, 0) is 18.8 Å². The largest absolute Gasteiger partial charge is 0.425 e. The third kappa shape index (κ3) is 4.57. The molecule has 1 saturated heterocycles. The molecular weight excluding hydrogens is 389 g/mol. The monoisotopic (exact) mass is 416 g/mol. The van der Waals surface area contributed by atoms with Gasteiger partial charge in [-0.3, -0.25) is 9.59 Å². The molecule has 2 aliphatic rings. The van der Waals surface area contributed by atoms with Crippen LogP contribution in [0, 0.1) is 5.92 Å². The van der Waals surface area contributed by atoms with E-state index < -0.39 is 29.9 Å². The van der Waals surface area contributed by atoms with Crippen molar-refractivity contribution in [2.75, 3.05) is 26.2 Å². The first kappa shape index (κ1) is 21.6. The average molecular weight is 416 g/mol. The van der Waals surface area contributed by atoms with Crippen LogP contribution >= 0.6 is 0 Å². The lowest BCUT2D eigenvalue weighted by molar-refractivity contribution is -0.272. The maximum Gasteiger partial charge on any atom is 0.425 e. The van der Waals surface area contributed by atoms with Gasteiger partial charge < -0.3 is 19.5 Å². The zero-order chi connectivity index (χ0) is 21.2. The van der Waals surface area contributed by atoms with E-state index in [1.807, 2.05) is 0 Å². The second-order valence-electron chi connectivity index (χ2n) is 8.01. The minimum atomic E-state index is -5.05. The first-order valence-electron chi connectivity index (χ1n) is 9.94. The Balaban J connectivity index is 1.59. The first-order valence-corrected chi connectivity index (χ1v) is 9.94. The van der Waals surface area contributed by atoms with Gasteiger partial charge in [0.1, 0.15) is 0 Å². The molecule has 2 heterocycles. The summed E-state index contributed by atoms with van der Waals surface area (Å²) in [6, 6.07) is 0. The number of alkyl halides is 3. The third-order valence-corrected chi connectivity index (χ3v) is 5.99. The molecule has 0 bridgehead atoms. The highest BCUT2D eigenvalue weighted by Gasteiger charge is 2.59. The Hall–Kier alpha value is -2.10. The molecule has 0 spiro atoms. The predicted octanol–water partition coefficient (Wildman–Crippen LogP) is 1.81.